The van der Waals surface area contributed by atoms with Gasteiger partial charge in [0, 0.05) is 17.8 Å². The summed E-state index contributed by atoms with van der Waals surface area (Å²) in [6.45, 7) is 8.14. The maximum absolute atomic E-state index is 12.6. The number of nitrogens with zero attached hydrogens (tertiary/aromatic N) is 1. The molecule has 0 bridgehead atoms. The molecule has 1 amide bonds. The SMILES string of the molecule is Cc1sc(Br)cc1S(=O)(=O)N1CC(C(C)(C)C)CC1=O. The van der Waals surface area contributed by atoms with Crippen LogP contribution in [-0.4, -0.2) is 25.2 Å². The van der Waals surface area contributed by atoms with Crippen LogP contribution in [0, 0.1) is 18.3 Å². The number of hydrogen-bond donors (Lipinski definition) is 0. The summed E-state index contributed by atoms with van der Waals surface area (Å²) in [5, 5.41) is 0. The molecular formula is C13H18BrNO3S2. The zero-order valence-electron chi connectivity index (χ0n) is 11.9. The Morgan fingerprint density at radius 1 is 1.40 bits per heavy atom. The third-order valence-electron chi connectivity index (χ3n) is 3.72. The molecule has 1 aliphatic rings. The van der Waals surface area contributed by atoms with E-state index in [2.05, 4.69) is 15.9 Å². The summed E-state index contributed by atoms with van der Waals surface area (Å²) in [4.78, 5) is 13.0. The van der Waals surface area contributed by atoms with E-state index in [0.29, 0.717) is 11.3 Å². The van der Waals surface area contributed by atoms with Gasteiger partial charge in [-0.25, -0.2) is 12.7 Å². The molecule has 2 heterocycles. The molecule has 2 rings (SSSR count). The van der Waals surface area contributed by atoms with E-state index < -0.39 is 10.0 Å². The summed E-state index contributed by atoms with van der Waals surface area (Å²) in [5.74, 6) is -0.237. The van der Waals surface area contributed by atoms with Crippen molar-refractivity contribution in [3.05, 3.63) is 14.7 Å². The van der Waals surface area contributed by atoms with Crippen molar-refractivity contribution < 1.29 is 13.2 Å². The summed E-state index contributed by atoms with van der Waals surface area (Å²) < 4.78 is 27.1. The molecule has 1 aromatic heterocycles. The van der Waals surface area contributed by atoms with Crippen LogP contribution < -0.4 is 0 Å². The molecule has 0 aliphatic carbocycles. The van der Waals surface area contributed by atoms with Gasteiger partial charge in [-0.3, -0.25) is 4.79 Å². The standard InChI is InChI=1S/C13H18BrNO3S2/c1-8-10(6-11(14)19-8)20(17,18)15-7-9(5-12(15)16)13(2,3)4/h6,9H,5,7H2,1-4H3. The lowest BCUT2D eigenvalue weighted by molar-refractivity contribution is -0.123. The number of halogens is 1. The first-order valence-electron chi connectivity index (χ1n) is 6.35. The molecule has 0 N–H and O–H groups in total. The number of amides is 1. The molecule has 112 valence electrons. The van der Waals surface area contributed by atoms with E-state index in [0.717, 1.165) is 8.09 Å². The van der Waals surface area contributed by atoms with Crippen LogP contribution in [-0.2, 0) is 14.8 Å². The van der Waals surface area contributed by atoms with E-state index in [1.807, 2.05) is 20.8 Å². The van der Waals surface area contributed by atoms with Gasteiger partial charge in [-0.05, 0) is 40.3 Å². The van der Waals surface area contributed by atoms with Crippen LogP contribution in [0.5, 0.6) is 0 Å². The minimum atomic E-state index is -3.73. The molecule has 1 unspecified atom stereocenters. The summed E-state index contributed by atoms with van der Waals surface area (Å²) in [6, 6.07) is 1.58. The zero-order valence-corrected chi connectivity index (χ0v) is 15.2. The monoisotopic (exact) mass is 379 g/mol. The minimum absolute atomic E-state index is 0.0622. The molecular weight excluding hydrogens is 362 g/mol. The Morgan fingerprint density at radius 3 is 2.40 bits per heavy atom. The molecule has 4 nitrogen and oxygen atoms in total. The highest BCUT2D eigenvalue weighted by Crippen LogP contribution is 2.38. The summed E-state index contributed by atoms with van der Waals surface area (Å²) in [6.07, 6.45) is 0.299. The fourth-order valence-corrected chi connectivity index (χ4v) is 6.14. The van der Waals surface area contributed by atoms with Crippen molar-refractivity contribution in [2.45, 2.75) is 39.0 Å². The molecule has 1 saturated heterocycles. The van der Waals surface area contributed by atoms with E-state index in [1.165, 1.54) is 11.3 Å². The van der Waals surface area contributed by atoms with Crippen molar-refractivity contribution in [2.24, 2.45) is 11.3 Å². The first-order valence-corrected chi connectivity index (χ1v) is 9.40. The quantitative estimate of drug-likeness (QED) is 0.790. The van der Waals surface area contributed by atoms with Gasteiger partial charge in [-0.1, -0.05) is 20.8 Å². The predicted molar refractivity (Wildman–Crippen MR) is 83.2 cm³/mol. The van der Waals surface area contributed by atoms with Crippen molar-refractivity contribution in [3.8, 4) is 0 Å². The Balaban J connectivity index is 2.37. The summed E-state index contributed by atoms with van der Waals surface area (Å²) in [7, 11) is -3.73. The van der Waals surface area contributed by atoms with Crippen molar-refractivity contribution in [3.63, 3.8) is 0 Å². The van der Waals surface area contributed by atoms with Crippen LogP contribution >= 0.6 is 27.3 Å². The minimum Gasteiger partial charge on any atom is -0.274 e. The number of aryl methyl sites for hydroxylation is 1. The average Bonchev–Trinajstić information content (AvgIpc) is 2.81. The van der Waals surface area contributed by atoms with Gasteiger partial charge in [0.15, 0.2) is 0 Å². The van der Waals surface area contributed by atoms with Crippen LogP contribution in [0.4, 0.5) is 0 Å². The van der Waals surface area contributed by atoms with Gasteiger partial charge in [0.05, 0.1) is 3.79 Å². The number of carbonyl (C=O) groups is 1. The van der Waals surface area contributed by atoms with Crippen LogP contribution in [0.25, 0.3) is 0 Å². The second kappa shape index (κ2) is 5.10. The molecule has 1 aliphatic heterocycles. The first kappa shape index (κ1) is 16.0. The predicted octanol–water partition coefficient (Wildman–Crippen LogP) is 3.40. The molecule has 1 atom stereocenters. The second-order valence-corrected chi connectivity index (χ2v) is 10.6. The Labute approximate surface area is 132 Å². The van der Waals surface area contributed by atoms with Crippen LogP contribution in [0.1, 0.15) is 32.1 Å². The summed E-state index contributed by atoms with van der Waals surface area (Å²) in [5.41, 5.74) is -0.0792. The molecule has 7 heteroatoms. The highest BCUT2D eigenvalue weighted by molar-refractivity contribution is 9.11. The van der Waals surface area contributed by atoms with Gasteiger partial charge < -0.3 is 0 Å². The van der Waals surface area contributed by atoms with E-state index in [9.17, 15) is 13.2 Å². The van der Waals surface area contributed by atoms with Gasteiger partial charge in [0.1, 0.15) is 4.90 Å². The lowest BCUT2D eigenvalue weighted by Gasteiger charge is -2.26. The van der Waals surface area contributed by atoms with Gasteiger partial charge in [0.2, 0.25) is 5.91 Å². The van der Waals surface area contributed by atoms with Crippen molar-refractivity contribution in [1.29, 1.82) is 0 Å². The fourth-order valence-electron chi connectivity index (χ4n) is 2.30. The third kappa shape index (κ3) is 2.80. The molecule has 0 radical (unpaired) electrons. The number of sulfonamides is 1. The van der Waals surface area contributed by atoms with Crippen molar-refractivity contribution in [1.82, 2.24) is 4.31 Å². The second-order valence-electron chi connectivity index (χ2n) is 6.17. The Morgan fingerprint density at radius 2 is 2.00 bits per heavy atom. The summed E-state index contributed by atoms with van der Waals surface area (Å²) >= 11 is 4.66. The average molecular weight is 380 g/mol. The van der Waals surface area contributed by atoms with E-state index in [1.54, 1.807) is 13.0 Å². The number of thiophene rings is 1. The smallest absolute Gasteiger partial charge is 0.267 e. The third-order valence-corrected chi connectivity index (χ3v) is 7.32. The van der Waals surface area contributed by atoms with E-state index >= 15 is 0 Å². The molecule has 0 saturated carbocycles. The van der Waals surface area contributed by atoms with E-state index in [4.69, 9.17) is 0 Å². The van der Waals surface area contributed by atoms with Crippen molar-refractivity contribution >= 4 is 43.2 Å². The first-order chi connectivity index (χ1) is 9.03. The number of rotatable bonds is 2. The van der Waals surface area contributed by atoms with Crippen molar-refractivity contribution in [2.75, 3.05) is 6.54 Å². The van der Waals surface area contributed by atoms with Crippen LogP contribution in [0.15, 0.2) is 14.7 Å². The molecule has 20 heavy (non-hydrogen) atoms. The van der Waals surface area contributed by atoms with E-state index in [-0.39, 0.29) is 28.7 Å². The largest absolute Gasteiger partial charge is 0.274 e. The Hall–Kier alpha value is -0.400. The zero-order chi connectivity index (χ0) is 15.3. The topological polar surface area (TPSA) is 54.5 Å². The maximum Gasteiger partial charge on any atom is 0.267 e. The fraction of sp³-hybridized carbons (Fsp3) is 0.615. The lowest BCUT2D eigenvalue weighted by atomic mass is 9.80. The lowest BCUT2D eigenvalue weighted by Crippen LogP contribution is -2.33. The van der Waals surface area contributed by atoms with Gasteiger partial charge in [0.25, 0.3) is 10.0 Å². The molecule has 0 spiro atoms. The maximum atomic E-state index is 12.6. The Kier molecular flexibility index (Phi) is 4.08. The van der Waals surface area contributed by atoms with Gasteiger partial charge >= 0.3 is 0 Å². The Bertz CT molecular complexity index is 643. The molecule has 1 aromatic rings. The van der Waals surface area contributed by atoms with Crippen LogP contribution in [0.3, 0.4) is 0 Å². The molecule has 0 aromatic carbocycles. The number of carbonyl (C=O) groups excluding carboxylic acids is 1. The molecule has 1 fully saturated rings. The number of hydrogen-bond acceptors (Lipinski definition) is 4. The van der Waals surface area contributed by atoms with Crippen LogP contribution in [0.2, 0.25) is 0 Å². The highest BCUT2D eigenvalue weighted by atomic mass is 79.9. The normalized spacial score (nSPS) is 20.8. The highest BCUT2D eigenvalue weighted by Gasteiger charge is 2.43. The van der Waals surface area contributed by atoms with Gasteiger partial charge in [-0.2, -0.15) is 0 Å². The van der Waals surface area contributed by atoms with Gasteiger partial charge in [-0.15, -0.1) is 11.3 Å².